The summed E-state index contributed by atoms with van der Waals surface area (Å²) in [6, 6.07) is 7.76. The smallest absolute Gasteiger partial charge is 0.328 e. The Morgan fingerprint density at radius 3 is 2.58 bits per heavy atom. The van der Waals surface area contributed by atoms with Crippen LogP contribution in [0.5, 0.6) is 5.75 Å². The van der Waals surface area contributed by atoms with Crippen LogP contribution in [0.1, 0.15) is 26.3 Å². The van der Waals surface area contributed by atoms with E-state index in [-0.39, 0.29) is 19.3 Å². The molecular formula is C23H30Cl2N3O8PS. The zero-order chi connectivity index (χ0) is 28.3. The van der Waals surface area contributed by atoms with Crippen LogP contribution < -0.4 is 20.9 Å². The topological polar surface area (TPSA) is 141 Å². The first kappa shape index (κ1) is 30.8. The zero-order valence-corrected chi connectivity index (χ0v) is 24.4. The number of halogens is 2. The average molecular weight is 610 g/mol. The molecule has 0 aliphatic carbocycles. The molecule has 5 atom stereocenters. The molecule has 1 aromatic carbocycles. The summed E-state index contributed by atoms with van der Waals surface area (Å²) in [7, 11) is 0. The number of esters is 1. The van der Waals surface area contributed by atoms with Gasteiger partial charge in [0.2, 0.25) is 0 Å². The van der Waals surface area contributed by atoms with E-state index < -0.39 is 52.5 Å². The van der Waals surface area contributed by atoms with Crippen LogP contribution in [0, 0.1) is 6.92 Å². The van der Waals surface area contributed by atoms with Crippen molar-refractivity contribution in [1.29, 1.82) is 0 Å². The molecule has 0 amide bonds. The van der Waals surface area contributed by atoms with Crippen LogP contribution in [0.4, 0.5) is 0 Å². The molecule has 1 aliphatic heterocycles. The highest BCUT2D eigenvalue weighted by Crippen LogP contribution is 2.47. The van der Waals surface area contributed by atoms with Crippen LogP contribution in [0.15, 0.2) is 46.1 Å². The van der Waals surface area contributed by atoms with Gasteiger partial charge in [-0.25, -0.2) is 9.88 Å². The van der Waals surface area contributed by atoms with Crippen molar-refractivity contribution in [2.75, 3.05) is 6.61 Å². The molecule has 3 N–H and O–H groups in total. The number of hydrogen-bond acceptors (Lipinski definition) is 9. The van der Waals surface area contributed by atoms with Crippen molar-refractivity contribution in [3.05, 3.63) is 62.9 Å². The second-order valence-corrected chi connectivity index (χ2v) is 13.6. The van der Waals surface area contributed by atoms with Crippen molar-refractivity contribution in [1.82, 2.24) is 14.6 Å². The number of carbonyl (C=O) groups is 1. The molecule has 0 spiro atoms. The summed E-state index contributed by atoms with van der Waals surface area (Å²) < 4.78 is 22.3. The molecule has 0 saturated carbocycles. The highest BCUT2D eigenvalue weighted by atomic mass is 35.5. The number of aliphatic hydroxyl groups excluding tert-OH is 1. The normalized spacial score (nSPS) is 23.1. The standard InChI is InChI=1S/C23H30Cl2N3O8PS/c1-13(2)34-21(31)15(4)27-37(38,36-16-8-6-5-7-9-16)33-12-17-19(29)23(24,25)18(35-17)11-28-10-14(3)20(30)26-22(28)32/h5-10,13,15,17-19,29H,11-12H2,1-4H3,(H,27,38)(H,26,30,32)/t15-,17+,18?,19+,37+/m0/s1. The molecule has 0 bridgehead atoms. The molecule has 11 nitrogen and oxygen atoms in total. The van der Waals surface area contributed by atoms with Crippen molar-refractivity contribution in [3.63, 3.8) is 0 Å². The number of rotatable bonds is 11. The summed E-state index contributed by atoms with van der Waals surface area (Å²) in [6.45, 7) is 2.68. The van der Waals surface area contributed by atoms with Gasteiger partial charge in [0.15, 0.2) is 4.33 Å². The highest BCUT2D eigenvalue weighted by molar-refractivity contribution is 8.09. The molecule has 1 aliphatic rings. The van der Waals surface area contributed by atoms with E-state index in [1.54, 1.807) is 51.1 Å². The van der Waals surface area contributed by atoms with E-state index >= 15 is 0 Å². The number of benzene rings is 1. The van der Waals surface area contributed by atoms with Gasteiger partial charge in [-0.3, -0.25) is 19.1 Å². The van der Waals surface area contributed by atoms with Crippen LogP contribution >= 0.6 is 29.8 Å². The number of H-pyrrole nitrogens is 1. The Balaban J connectivity index is 1.76. The number of aryl methyl sites for hydroxylation is 1. The van der Waals surface area contributed by atoms with Crippen molar-refractivity contribution in [2.24, 2.45) is 0 Å². The average Bonchev–Trinajstić information content (AvgIpc) is 3.04. The Kier molecular flexibility index (Phi) is 10.2. The molecular weight excluding hydrogens is 580 g/mol. The Hall–Kier alpha value is -1.76. The maximum Gasteiger partial charge on any atom is 0.328 e. The third-order valence-electron chi connectivity index (χ3n) is 5.50. The van der Waals surface area contributed by atoms with Gasteiger partial charge in [-0.1, -0.05) is 41.4 Å². The lowest BCUT2D eigenvalue weighted by atomic mass is 10.1. The van der Waals surface area contributed by atoms with Gasteiger partial charge in [0.25, 0.3) is 5.56 Å². The van der Waals surface area contributed by atoms with Gasteiger partial charge >= 0.3 is 18.3 Å². The number of aromatic nitrogens is 2. The number of aliphatic hydroxyl groups is 1. The second-order valence-electron chi connectivity index (χ2n) is 9.04. The van der Waals surface area contributed by atoms with Crippen LogP contribution in [0.2, 0.25) is 0 Å². The van der Waals surface area contributed by atoms with Crippen molar-refractivity contribution >= 4 is 47.6 Å². The first-order valence-corrected chi connectivity index (χ1v) is 15.1. The van der Waals surface area contributed by atoms with Gasteiger partial charge in [0, 0.05) is 11.8 Å². The van der Waals surface area contributed by atoms with Crippen LogP contribution in [0.25, 0.3) is 0 Å². The summed E-state index contributed by atoms with van der Waals surface area (Å²) in [5, 5.41) is 13.7. The highest BCUT2D eigenvalue weighted by Gasteiger charge is 2.54. The molecule has 1 aromatic heterocycles. The molecule has 2 heterocycles. The zero-order valence-electron chi connectivity index (χ0n) is 21.1. The van der Waals surface area contributed by atoms with E-state index in [0.717, 1.165) is 0 Å². The summed E-state index contributed by atoms with van der Waals surface area (Å²) in [5.74, 6) is -0.149. The third-order valence-corrected chi connectivity index (χ3v) is 8.93. The lowest BCUT2D eigenvalue weighted by Gasteiger charge is -2.28. The molecule has 0 radical (unpaired) electrons. The Labute approximate surface area is 234 Å². The Morgan fingerprint density at radius 1 is 1.29 bits per heavy atom. The Bertz CT molecular complexity index is 1290. The van der Waals surface area contributed by atoms with Crippen molar-refractivity contribution < 1.29 is 28.4 Å². The number of aromatic amines is 1. The number of hydrogen-bond donors (Lipinski definition) is 3. The third kappa shape index (κ3) is 7.67. The molecule has 3 rings (SSSR count). The number of nitrogens with one attached hydrogen (secondary N) is 2. The van der Waals surface area contributed by atoms with Crippen LogP contribution in [-0.2, 0) is 37.1 Å². The van der Waals surface area contributed by atoms with Crippen molar-refractivity contribution in [2.45, 2.75) is 69.0 Å². The molecule has 15 heteroatoms. The maximum absolute atomic E-state index is 12.4. The summed E-state index contributed by atoms with van der Waals surface area (Å²) in [5.41, 5.74) is -0.899. The van der Waals surface area contributed by atoms with Gasteiger partial charge in [-0.2, -0.15) is 0 Å². The minimum atomic E-state index is -3.41. The molecule has 1 saturated heterocycles. The van der Waals surface area contributed by atoms with E-state index in [4.69, 9.17) is 53.5 Å². The fourth-order valence-corrected chi connectivity index (χ4v) is 6.49. The van der Waals surface area contributed by atoms with Crippen molar-refractivity contribution in [3.8, 4) is 5.75 Å². The predicted octanol–water partition coefficient (Wildman–Crippen LogP) is 2.40. The first-order valence-electron chi connectivity index (χ1n) is 11.7. The van der Waals surface area contributed by atoms with E-state index in [9.17, 15) is 19.5 Å². The Morgan fingerprint density at radius 2 is 1.95 bits per heavy atom. The minimum absolute atomic E-state index is 0.151. The number of carbonyl (C=O) groups excluding carboxylic acids is 1. The fraction of sp³-hybridized carbons (Fsp3) is 0.522. The largest absolute Gasteiger partial charge is 0.462 e. The fourth-order valence-electron chi connectivity index (χ4n) is 3.55. The van der Waals surface area contributed by atoms with E-state index in [1.165, 1.54) is 17.7 Å². The SMILES string of the molecule is Cc1cn(CC2O[C@H](CO[P@](=S)(N[C@@H](C)C(=O)OC(C)C)Oc3ccccc3)[C@@H](O)C2(Cl)Cl)c(=O)[nH]c1=O. The summed E-state index contributed by atoms with van der Waals surface area (Å²) in [6.07, 6.45) is -2.52. The van der Waals surface area contributed by atoms with Crippen LogP contribution in [0.3, 0.4) is 0 Å². The maximum atomic E-state index is 12.4. The molecule has 38 heavy (non-hydrogen) atoms. The van der Waals surface area contributed by atoms with Crippen LogP contribution in [-0.4, -0.2) is 62.0 Å². The molecule has 2 aromatic rings. The predicted molar refractivity (Wildman–Crippen MR) is 146 cm³/mol. The van der Waals surface area contributed by atoms with Gasteiger partial charge in [-0.05, 0) is 51.6 Å². The second kappa shape index (κ2) is 12.6. The van der Waals surface area contributed by atoms with E-state index in [1.807, 2.05) is 0 Å². The lowest BCUT2D eigenvalue weighted by Crippen LogP contribution is -2.42. The number of nitrogens with zero attached hydrogens (tertiary/aromatic N) is 1. The van der Waals surface area contributed by atoms with Gasteiger partial charge in [-0.15, -0.1) is 0 Å². The molecule has 210 valence electrons. The number of alkyl halides is 2. The minimum Gasteiger partial charge on any atom is -0.462 e. The summed E-state index contributed by atoms with van der Waals surface area (Å²) >= 11 is 18.5. The molecule has 1 unspecified atom stereocenters. The summed E-state index contributed by atoms with van der Waals surface area (Å²) in [4.78, 5) is 38.5. The molecule has 1 fully saturated rings. The monoisotopic (exact) mass is 609 g/mol. The first-order chi connectivity index (χ1) is 17.7. The van der Waals surface area contributed by atoms with Gasteiger partial charge in [0.05, 0.1) is 19.3 Å². The lowest BCUT2D eigenvalue weighted by molar-refractivity contribution is -0.149. The van der Waals surface area contributed by atoms with Gasteiger partial charge < -0.3 is 23.6 Å². The van der Waals surface area contributed by atoms with E-state index in [2.05, 4.69) is 10.1 Å². The quantitative estimate of drug-likeness (QED) is 0.197. The number of ether oxygens (including phenoxy) is 2. The van der Waals surface area contributed by atoms with E-state index in [0.29, 0.717) is 11.3 Å². The number of para-hydroxylation sites is 1. The van der Waals surface area contributed by atoms with Gasteiger partial charge in [0.1, 0.15) is 30.1 Å².